The maximum atomic E-state index is 13.0. The van der Waals surface area contributed by atoms with E-state index in [1.54, 1.807) is 11.0 Å². The third-order valence-electron chi connectivity index (χ3n) is 6.05. The molecule has 2 amide bonds. The van der Waals surface area contributed by atoms with Crippen LogP contribution in [-0.2, 0) is 9.59 Å². The summed E-state index contributed by atoms with van der Waals surface area (Å²) in [5, 5.41) is 5.39. The minimum Gasteiger partial charge on any atom is -0.482 e. The molecular weight excluding hydrogens is 470 g/mol. The summed E-state index contributed by atoms with van der Waals surface area (Å²) in [6.45, 7) is 4.16. The minimum atomic E-state index is -0.114. The van der Waals surface area contributed by atoms with Crippen LogP contribution in [0.1, 0.15) is 23.5 Å². The van der Waals surface area contributed by atoms with Crippen LogP contribution >= 0.6 is 11.3 Å². The van der Waals surface area contributed by atoms with E-state index < -0.39 is 0 Å². The van der Waals surface area contributed by atoms with E-state index >= 15 is 0 Å². The number of aromatic nitrogens is 1. The zero-order valence-corrected chi connectivity index (χ0v) is 20.4. The summed E-state index contributed by atoms with van der Waals surface area (Å²) in [4.78, 5) is 31.6. The average Bonchev–Trinajstić information content (AvgIpc) is 3.38. The van der Waals surface area contributed by atoms with Crippen molar-refractivity contribution in [1.29, 1.82) is 0 Å². The van der Waals surface area contributed by atoms with E-state index in [1.807, 2.05) is 84.2 Å². The molecule has 0 aliphatic carbocycles. The van der Waals surface area contributed by atoms with E-state index in [0.717, 1.165) is 22.4 Å². The molecule has 2 heterocycles. The Morgan fingerprint density at radius 2 is 1.78 bits per heavy atom. The first-order valence-corrected chi connectivity index (χ1v) is 12.5. The van der Waals surface area contributed by atoms with Crippen LogP contribution in [0.2, 0.25) is 0 Å². The second-order valence-corrected chi connectivity index (χ2v) is 9.29. The highest BCUT2D eigenvalue weighted by Gasteiger charge is 2.25. The second-order valence-electron chi connectivity index (χ2n) is 8.43. The van der Waals surface area contributed by atoms with Crippen molar-refractivity contribution in [3.05, 3.63) is 108 Å². The van der Waals surface area contributed by atoms with Crippen molar-refractivity contribution in [2.45, 2.75) is 12.3 Å². The van der Waals surface area contributed by atoms with E-state index in [4.69, 9.17) is 4.74 Å². The minimum absolute atomic E-state index is 0.0139. The second kappa shape index (κ2) is 10.6. The molecule has 0 atom stereocenters. The molecule has 0 saturated carbocycles. The Morgan fingerprint density at radius 1 is 1.08 bits per heavy atom. The first kappa shape index (κ1) is 23.5. The van der Waals surface area contributed by atoms with Gasteiger partial charge < -0.3 is 15.0 Å². The molecular formula is C29H25N3O3S. The lowest BCUT2D eigenvalue weighted by atomic mass is 9.88. The quantitative estimate of drug-likeness (QED) is 0.310. The molecule has 0 spiro atoms. The first-order chi connectivity index (χ1) is 17.6. The van der Waals surface area contributed by atoms with Crippen LogP contribution in [-0.4, -0.2) is 29.9 Å². The Morgan fingerprint density at radius 3 is 2.44 bits per heavy atom. The smallest absolute Gasteiger partial charge is 0.265 e. The first-order valence-electron chi connectivity index (χ1n) is 11.7. The lowest BCUT2D eigenvalue weighted by Gasteiger charge is -2.28. The zero-order valence-electron chi connectivity index (χ0n) is 19.6. The summed E-state index contributed by atoms with van der Waals surface area (Å²) in [7, 11) is 0. The van der Waals surface area contributed by atoms with Crippen molar-refractivity contribution in [3.8, 4) is 17.0 Å². The molecule has 0 radical (unpaired) electrons. The van der Waals surface area contributed by atoms with Gasteiger partial charge in [0.15, 0.2) is 11.7 Å². The molecule has 0 fully saturated rings. The molecule has 1 aliphatic rings. The van der Waals surface area contributed by atoms with Crippen LogP contribution < -0.4 is 15.0 Å². The van der Waals surface area contributed by atoms with E-state index in [1.165, 1.54) is 11.3 Å². The number of ether oxygens (including phenoxy) is 1. The molecule has 4 aromatic rings. The van der Waals surface area contributed by atoms with Gasteiger partial charge >= 0.3 is 0 Å². The molecule has 6 nitrogen and oxygen atoms in total. The zero-order chi connectivity index (χ0) is 24.9. The van der Waals surface area contributed by atoms with Crippen LogP contribution in [0, 0.1) is 0 Å². The highest BCUT2D eigenvalue weighted by molar-refractivity contribution is 7.14. The third-order valence-corrected chi connectivity index (χ3v) is 6.81. The number of amides is 2. The van der Waals surface area contributed by atoms with Gasteiger partial charge in [0.2, 0.25) is 5.91 Å². The Balaban J connectivity index is 1.33. The molecule has 7 heteroatoms. The molecule has 5 rings (SSSR count). The topological polar surface area (TPSA) is 71.5 Å². The number of carbonyl (C=O) groups is 2. The highest BCUT2D eigenvalue weighted by Crippen LogP contribution is 2.37. The van der Waals surface area contributed by atoms with E-state index in [0.29, 0.717) is 29.5 Å². The predicted octanol–water partition coefficient (Wildman–Crippen LogP) is 5.88. The monoisotopic (exact) mass is 495 g/mol. The van der Waals surface area contributed by atoms with Gasteiger partial charge in [-0.3, -0.25) is 9.59 Å². The van der Waals surface area contributed by atoms with Gasteiger partial charge in [-0.05, 0) is 29.3 Å². The van der Waals surface area contributed by atoms with Gasteiger partial charge in [-0.1, -0.05) is 66.7 Å². The Bertz CT molecular complexity index is 1350. The fourth-order valence-corrected chi connectivity index (χ4v) is 5.04. The number of anilines is 2. The van der Waals surface area contributed by atoms with E-state index in [9.17, 15) is 9.59 Å². The normalized spacial score (nSPS) is 12.7. The molecule has 1 aliphatic heterocycles. The lowest BCUT2D eigenvalue weighted by Crippen LogP contribution is -2.38. The molecule has 1 N–H and O–H groups in total. The van der Waals surface area contributed by atoms with Crippen molar-refractivity contribution in [2.75, 3.05) is 23.4 Å². The number of hydrogen-bond acceptors (Lipinski definition) is 5. The van der Waals surface area contributed by atoms with Crippen molar-refractivity contribution < 1.29 is 14.3 Å². The largest absolute Gasteiger partial charge is 0.482 e. The fourth-order valence-electron chi connectivity index (χ4n) is 4.31. The van der Waals surface area contributed by atoms with E-state index in [-0.39, 0.29) is 24.3 Å². The van der Waals surface area contributed by atoms with Gasteiger partial charge in [-0.25, -0.2) is 4.98 Å². The maximum Gasteiger partial charge on any atom is 0.265 e. The van der Waals surface area contributed by atoms with Crippen molar-refractivity contribution in [1.82, 2.24) is 4.98 Å². The molecule has 0 saturated heterocycles. The molecule has 0 unspecified atom stereocenters. The van der Waals surface area contributed by atoms with Crippen LogP contribution in [0.25, 0.3) is 11.3 Å². The Hall–Kier alpha value is -4.23. The van der Waals surface area contributed by atoms with Gasteiger partial charge in [0.1, 0.15) is 5.75 Å². The van der Waals surface area contributed by atoms with Crippen molar-refractivity contribution in [2.24, 2.45) is 0 Å². The number of fused-ring (bicyclic) bond motifs is 1. The van der Waals surface area contributed by atoms with Gasteiger partial charge in [-0.15, -0.1) is 17.9 Å². The van der Waals surface area contributed by atoms with Crippen LogP contribution in [0.15, 0.2) is 96.9 Å². The van der Waals surface area contributed by atoms with Gasteiger partial charge in [-0.2, -0.15) is 0 Å². The molecule has 180 valence electrons. The third kappa shape index (κ3) is 5.06. The van der Waals surface area contributed by atoms with Crippen molar-refractivity contribution in [3.63, 3.8) is 0 Å². The summed E-state index contributed by atoms with van der Waals surface area (Å²) >= 11 is 1.37. The fraction of sp³-hybridized carbons (Fsp3) is 0.138. The van der Waals surface area contributed by atoms with Crippen molar-refractivity contribution >= 4 is 34.0 Å². The summed E-state index contributed by atoms with van der Waals surface area (Å²) in [6, 6.07) is 25.7. The standard InChI is InChI=1S/C29H25N3O3S/c1-2-15-32-25-16-22(13-14-26(25)35-18-28(32)34)24-19-36-29(30-24)31-27(33)17-23(20-9-5-3-6-10-20)21-11-7-4-8-12-21/h2-14,16,19,23H,1,15,17-18H2,(H,30,31,33). The molecule has 3 aromatic carbocycles. The number of nitrogens with zero attached hydrogens (tertiary/aromatic N) is 2. The molecule has 36 heavy (non-hydrogen) atoms. The number of nitrogens with one attached hydrogen (secondary N) is 1. The number of benzene rings is 3. The Labute approximate surface area is 213 Å². The number of hydrogen-bond donors (Lipinski definition) is 1. The summed E-state index contributed by atoms with van der Waals surface area (Å²) in [5.74, 6) is 0.380. The lowest BCUT2D eigenvalue weighted by molar-refractivity contribution is -0.121. The van der Waals surface area contributed by atoms with Crippen LogP contribution in [0.4, 0.5) is 10.8 Å². The Kier molecular flexibility index (Phi) is 6.91. The summed E-state index contributed by atoms with van der Waals surface area (Å²) < 4.78 is 5.57. The number of thiazole rings is 1. The summed E-state index contributed by atoms with van der Waals surface area (Å²) in [5.41, 5.74) is 4.43. The van der Waals surface area contributed by atoms with E-state index in [2.05, 4.69) is 16.9 Å². The number of rotatable bonds is 8. The van der Waals surface area contributed by atoms with Gasteiger partial charge in [0, 0.05) is 29.8 Å². The van der Waals surface area contributed by atoms with Crippen LogP contribution in [0.5, 0.6) is 5.75 Å². The van der Waals surface area contributed by atoms with Gasteiger partial charge in [0.25, 0.3) is 5.91 Å². The predicted molar refractivity (Wildman–Crippen MR) is 144 cm³/mol. The average molecular weight is 496 g/mol. The SMILES string of the molecule is C=CCN1C(=O)COc2ccc(-c3csc(NC(=O)CC(c4ccccc4)c4ccccc4)n3)cc21. The maximum absolute atomic E-state index is 13.0. The highest BCUT2D eigenvalue weighted by atomic mass is 32.1. The molecule has 1 aromatic heterocycles. The van der Waals surface area contributed by atoms with Gasteiger partial charge in [0.05, 0.1) is 11.4 Å². The number of carbonyl (C=O) groups excluding carboxylic acids is 2. The molecule has 0 bridgehead atoms. The van der Waals surface area contributed by atoms with Crippen LogP contribution in [0.3, 0.4) is 0 Å². The summed E-state index contributed by atoms with van der Waals surface area (Å²) in [6.07, 6.45) is 1.99.